The summed E-state index contributed by atoms with van der Waals surface area (Å²) in [5.41, 5.74) is 2.90. The van der Waals surface area contributed by atoms with Crippen LogP contribution in [0.15, 0.2) is 48.7 Å². The highest BCUT2D eigenvalue weighted by molar-refractivity contribution is 5.84. The second-order valence-electron chi connectivity index (χ2n) is 4.83. The molecule has 0 atom stereocenters. The highest BCUT2D eigenvalue weighted by atomic mass is 16.5. The normalized spacial score (nSPS) is 10.6. The lowest BCUT2D eigenvalue weighted by atomic mass is 10.2. The topological polar surface area (TPSA) is 47.0 Å². The van der Waals surface area contributed by atoms with Gasteiger partial charge in [0.2, 0.25) is 0 Å². The van der Waals surface area contributed by atoms with Gasteiger partial charge in [-0.05, 0) is 25.1 Å². The summed E-state index contributed by atoms with van der Waals surface area (Å²) in [5, 5.41) is 4.15. The van der Waals surface area contributed by atoms with Crippen molar-refractivity contribution in [2.75, 3.05) is 12.4 Å². The number of anilines is 1. The van der Waals surface area contributed by atoms with Gasteiger partial charge >= 0.3 is 0 Å². The molecule has 0 saturated carbocycles. The molecule has 0 spiro atoms. The average molecular weight is 279 g/mol. The average Bonchev–Trinajstić information content (AvgIpc) is 2.53. The molecule has 0 aliphatic carbocycles. The summed E-state index contributed by atoms with van der Waals surface area (Å²) in [4.78, 5) is 8.85. The van der Waals surface area contributed by atoms with Gasteiger partial charge in [-0.1, -0.05) is 24.3 Å². The Labute approximate surface area is 123 Å². The number of benzene rings is 1. The van der Waals surface area contributed by atoms with E-state index in [1.807, 2.05) is 50.4 Å². The van der Waals surface area contributed by atoms with Crippen molar-refractivity contribution >= 4 is 16.7 Å². The van der Waals surface area contributed by atoms with Gasteiger partial charge in [-0.25, -0.2) is 9.97 Å². The van der Waals surface area contributed by atoms with Gasteiger partial charge in [0, 0.05) is 29.9 Å². The van der Waals surface area contributed by atoms with Crippen LogP contribution in [0.4, 0.5) is 5.82 Å². The molecule has 1 aromatic carbocycles. The highest BCUT2D eigenvalue weighted by Crippen LogP contribution is 2.25. The number of aryl methyl sites for hydroxylation is 1. The monoisotopic (exact) mass is 279 g/mol. The Morgan fingerprint density at radius 3 is 2.86 bits per heavy atom. The molecular weight excluding hydrogens is 262 g/mol. The Balaban J connectivity index is 1.90. The Hall–Kier alpha value is -2.62. The maximum Gasteiger partial charge on any atom is 0.146 e. The molecule has 0 unspecified atom stereocenters. The zero-order valence-electron chi connectivity index (χ0n) is 12.1. The smallest absolute Gasteiger partial charge is 0.146 e. The second kappa shape index (κ2) is 5.79. The fourth-order valence-corrected chi connectivity index (χ4v) is 2.27. The largest absolute Gasteiger partial charge is 0.486 e. The third-order valence-electron chi connectivity index (χ3n) is 3.33. The lowest BCUT2D eigenvalue weighted by Crippen LogP contribution is -2.03. The Bertz CT molecular complexity index is 771. The molecule has 0 saturated heterocycles. The quantitative estimate of drug-likeness (QED) is 0.793. The van der Waals surface area contributed by atoms with E-state index in [0.717, 1.165) is 33.7 Å². The summed E-state index contributed by atoms with van der Waals surface area (Å²) in [6.07, 6.45) is 1.76. The van der Waals surface area contributed by atoms with E-state index < -0.39 is 0 Å². The van der Waals surface area contributed by atoms with Crippen LogP contribution in [0.3, 0.4) is 0 Å². The molecule has 0 aliphatic rings. The van der Waals surface area contributed by atoms with Crippen molar-refractivity contribution in [1.29, 1.82) is 0 Å². The first-order valence-corrected chi connectivity index (χ1v) is 6.89. The van der Waals surface area contributed by atoms with Gasteiger partial charge < -0.3 is 10.1 Å². The molecule has 21 heavy (non-hydrogen) atoms. The van der Waals surface area contributed by atoms with E-state index in [-0.39, 0.29) is 0 Å². The molecule has 1 N–H and O–H groups in total. The first-order chi connectivity index (χ1) is 10.3. The predicted octanol–water partition coefficient (Wildman–Crippen LogP) is 3.56. The number of fused-ring (bicyclic) bond motifs is 1. The van der Waals surface area contributed by atoms with E-state index in [1.54, 1.807) is 6.20 Å². The maximum absolute atomic E-state index is 5.96. The van der Waals surface area contributed by atoms with E-state index in [2.05, 4.69) is 21.4 Å². The third kappa shape index (κ3) is 2.79. The molecular formula is C17H17N3O. The van der Waals surface area contributed by atoms with Crippen molar-refractivity contribution in [3.05, 3.63) is 59.9 Å². The Morgan fingerprint density at radius 2 is 2.00 bits per heavy atom. The molecule has 0 radical (unpaired) electrons. The van der Waals surface area contributed by atoms with E-state index >= 15 is 0 Å². The summed E-state index contributed by atoms with van der Waals surface area (Å²) in [6.45, 7) is 2.44. The summed E-state index contributed by atoms with van der Waals surface area (Å²) in [6, 6.07) is 14.0. The molecule has 4 nitrogen and oxygen atoms in total. The van der Waals surface area contributed by atoms with E-state index in [9.17, 15) is 0 Å². The van der Waals surface area contributed by atoms with Crippen LogP contribution in [0.25, 0.3) is 10.9 Å². The number of hydrogen-bond acceptors (Lipinski definition) is 4. The summed E-state index contributed by atoms with van der Waals surface area (Å²) < 4.78 is 5.96. The van der Waals surface area contributed by atoms with Gasteiger partial charge in [-0.15, -0.1) is 0 Å². The van der Waals surface area contributed by atoms with Gasteiger partial charge in [0.15, 0.2) is 0 Å². The Kier molecular flexibility index (Phi) is 3.69. The van der Waals surface area contributed by atoms with Crippen molar-refractivity contribution in [3.8, 4) is 5.75 Å². The van der Waals surface area contributed by atoms with Crippen LogP contribution in [-0.4, -0.2) is 17.0 Å². The zero-order chi connectivity index (χ0) is 14.7. The third-order valence-corrected chi connectivity index (χ3v) is 3.33. The van der Waals surface area contributed by atoms with Crippen LogP contribution in [0.5, 0.6) is 5.75 Å². The molecule has 3 aromatic rings. The molecule has 0 fully saturated rings. The zero-order valence-corrected chi connectivity index (χ0v) is 12.1. The van der Waals surface area contributed by atoms with Gasteiger partial charge in [0.25, 0.3) is 0 Å². The SMILES string of the molecule is CNc1ncccc1COc1cccc2ccc(C)nc12. The van der Waals surface area contributed by atoms with Gasteiger partial charge in [0.1, 0.15) is 23.7 Å². The molecule has 106 valence electrons. The lowest BCUT2D eigenvalue weighted by molar-refractivity contribution is 0.309. The van der Waals surface area contributed by atoms with E-state index in [4.69, 9.17) is 4.74 Å². The number of ether oxygens (including phenoxy) is 1. The number of para-hydroxylation sites is 1. The van der Waals surface area contributed by atoms with Crippen molar-refractivity contribution in [3.63, 3.8) is 0 Å². The van der Waals surface area contributed by atoms with Crippen molar-refractivity contribution in [2.24, 2.45) is 0 Å². The lowest BCUT2D eigenvalue weighted by Gasteiger charge is -2.11. The molecule has 3 rings (SSSR count). The second-order valence-corrected chi connectivity index (χ2v) is 4.83. The Morgan fingerprint density at radius 1 is 1.10 bits per heavy atom. The first-order valence-electron chi connectivity index (χ1n) is 6.89. The summed E-state index contributed by atoms with van der Waals surface area (Å²) >= 11 is 0. The van der Waals surface area contributed by atoms with Crippen molar-refractivity contribution in [2.45, 2.75) is 13.5 Å². The van der Waals surface area contributed by atoms with Crippen LogP contribution in [-0.2, 0) is 6.61 Å². The van der Waals surface area contributed by atoms with Crippen LogP contribution in [0.1, 0.15) is 11.3 Å². The molecule has 2 heterocycles. The van der Waals surface area contributed by atoms with Crippen LogP contribution < -0.4 is 10.1 Å². The highest BCUT2D eigenvalue weighted by Gasteiger charge is 2.06. The fourth-order valence-electron chi connectivity index (χ4n) is 2.27. The van der Waals surface area contributed by atoms with Crippen molar-refractivity contribution in [1.82, 2.24) is 9.97 Å². The molecule has 0 amide bonds. The minimum absolute atomic E-state index is 0.457. The van der Waals surface area contributed by atoms with Crippen LogP contribution in [0, 0.1) is 6.92 Å². The minimum atomic E-state index is 0.457. The maximum atomic E-state index is 5.96. The minimum Gasteiger partial charge on any atom is -0.486 e. The van der Waals surface area contributed by atoms with Crippen LogP contribution in [0.2, 0.25) is 0 Å². The summed E-state index contributed by atoms with van der Waals surface area (Å²) in [5.74, 6) is 1.63. The number of pyridine rings is 2. The van der Waals surface area contributed by atoms with E-state index in [1.165, 1.54) is 0 Å². The standard InChI is InChI=1S/C17H17N3O/c1-12-8-9-13-5-3-7-15(16(13)20-12)21-11-14-6-4-10-19-17(14)18-2/h3-10H,11H2,1-2H3,(H,18,19). The fraction of sp³-hybridized carbons (Fsp3) is 0.176. The number of rotatable bonds is 4. The van der Waals surface area contributed by atoms with E-state index in [0.29, 0.717) is 6.61 Å². The molecule has 0 bridgehead atoms. The summed E-state index contributed by atoms with van der Waals surface area (Å²) in [7, 11) is 1.86. The number of nitrogens with one attached hydrogen (secondary N) is 1. The van der Waals surface area contributed by atoms with Gasteiger partial charge in [0.05, 0.1) is 0 Å². The first kappa shape index (κ1) is 13.4. The molecule has 0 aliphatic heterocycles. The molecule has 4 heteroatoms. The number of hydrogen-bond donors (Lipinski definition) is 1. The number of aromatic nitrogens is 2. The molecule has 2 aromatic heterocycles. The predicted molar refractivity (Wildman–Crippen MR) is 84.6 cm³/mol. The van der Waals surface area contributed by atoms with Gasteiger partial charge in [-0.2, -0.15) is 0 Å². The van der Waals surface area contributed by atoms with Crippen LogP contribution >= 0.6 is 0 Å². The number of nitrogens with zero attached hydrogens (tertiary/aromatic N) is 2. The van der Waals surface area contributed by atoms with Gasteiger partial charge in [-0.3, -0.25) is 0 Å². The van der Waals surface area contributed by atoms with Crippen molar-refractivity contribution < 1.29 is 4.74 Å².